The lowest BCUT2D eigenvalue weighted by molar-refractivity contribution is 0.0904. The van der Waals surface area contributed by atoms with Crippen molar-refractivity contribution in [2.45, 2.75) is 0 Å². The summed E-state index contributed by atoms with van der Waals surface area (Å²) in [6, 6.07) is 11.3. The summed E-state index contributed by atoms with van der Waals surface area (Å²) in [6.45, 7) is -0.437. The molecule has 0 fully saturated rings. The molecule has 0 bridgehead atoms. The number of rotatable bonds is 3. The molecule has 3 heteroatoms. The molecule has 1 aromatic heterocycles. The third-order valence-electron chi connectivity index (χ3n) is 2.13. The van der Waals surface area contributed by atoms with Gasteiger partial charge < -0.3 is 5.11 Å². The number of aliphatic hydroxyl groups excluding tert-OH is 1. The highest BCUT2D eigenvalue weighted by Gasteiger charge is 2.05. The van der Waals surface area contributed by atoms with Gasteiger partial charge in [-0.25, -0.2) is 0 Å². The molecule has 0 aliphatic rings. The van der Waals surface area contributed by atoms with Crippen molar-refractivity contribution in [1.29, 1.82) is 0 Å². The van der Waals surface area contributed by atoms with Gasteiger partial charge in [0, 0.05) is 10.4 Å². The fourth-order valence-electron chi connectivity index (χ4n) is 1.38. The average molecular weight is 218 g/mol. The zero-order chi connectivity index (χ0) is 10.7. The topological polar surface area (TPSA) is 37.3 Å². The van der Waals surface area contributed by atoms with E-state index in [1.807, 2.05) is 35.7 Å². The Hall–Kier alpha value is -1.45. The maximum absolute atomic E-state index is 11.3. The maximum Gasteiger partial charge on any atom is 0.188 e. The summed E-state index contributed by atoms with van der Waals surface area (Å²) in [7, 11) is 0. The van der Waals surface area contributed by atoms with E-state index in [0.717, 1.165) is 10.4 Å². The van der Waals surface area contributed by atoms with Gasteiger partial charge in [-0.05, 0) is 23.1 Å². The molecule has 0 spiro atoms. The van der Waals surface area contributed by atoms with Crippen LogP contribution in [0.2, 0.25) is 0 Å². The number of ketones is 1. The van der Waals surface area contributed by atoms with Crippen LogP contribution in [-0.4, -0.2) is 17.5 Å². The van der Waals surface area contributed by atoms with Gasteiger partial charge in [0.1, 0.15) is 6.61 Å². The molecule has 15 heavy (non-hydrogen) atoms. The lowest BCUT2D eigenvalue weighted by Gasteiger charge is -2.00. The maximum atomic E-state index is 11.3. The number of carbonyl (C=O) groups excluding carboxylic acids is 1. The van der Waals surface area contributed by atoms with Gasteiger partial charge in [0.2, 0.25) is 0 Å². The van der Waals surface area contributed by atoms with Gasteiger partial charge in [-0.15, -0.1) is 11.3 Å². The number of Topliss-reactive ketones (excluding diaryl/α,β-unsaturated/α-hetero) is 1. The number of aliphatic hydroxyl groups is 1. The van der Waals surface area contributed by atoms with Crippen molar-refractivity contribution >= 4 is 17.1 Å². The first kappa shape index (κ1) is 10.1. The smallest absolute Gasteiger partial charge is 0.188 e. The normalized spacial score (nSPS) is 10.2. The molecule has 0 atom stereocenters. The molecular weight excluding hydrogens is 208 g/mol. The lowest BCUT2D eigenvalue weighted by Crippen LogP contribution is -2.03. The standard InChI is InChI=1S/C12H10O2S/c13-8-11(14)9-3-1-4-10(7-9)12-5-2-6-15-12/h1-7,13H,8H2. The molecule has 1 heterocycles. The highest BCUT2D eigenvalue weighted by molar-refractivity contribution is 7.13. The predicted octanol–water partition coefficient (Wildman–Crippen LogP) is 2.59. The minimum Gasteiger partial charge on any atom is -0.388 e. The highest BCUT2D eigenvalue weighted by Crippen LogP contribution is 2.25. The largest absolute Gasteiger partial charge is 0.388 e. The quantitative estimate of drug-likeness (QED) is 0.804. The van der Waals surface area contributed by atoms with Crippen LogP contribution in [-0.2, 0) is 0 Å². The third kappa shape index (κ3) is 2.14. The van der Waals surface area contributed by atoms with Crippen molar-refractivity contribution < 1.29 is 9.90 Å². The first-order valence-corrected chi connectivity index (χ1v) is 5.47. The van der Waals surface area contributed by atoms with Crippen LogP contribution in [0.15, 0.2) is 41.8 Å². The molecule has 76 valence electrons. The van der Waals surface area contributed by atoms with Crippen LogP contribution in [0.25, 0.3) is 10.4 Å². The van der Waals surface area contributed by atoms with Gasteiger partial charge in [-0.2, -0.15) is 0 Å². The molecule has 0 aliphatic heterocycles. The minimum atomic E-state index is -0.437. The van der Waals surface area contributed by atoms with Crippen molar-refractivity contribution in [3.63, 3.8) is 0 Å². The fraction of sp³-hybridized carbons (Fsp3) is 0.0833. The van der Waals surface area contributed by atoms with E-state index < -0.39 is 6.61 Å². The fourth-order valence-corrected chi connectivity index (χ4v) is 2.10. The number of hydrogen-bond donors (Lipinski definition) is 1. The molecule has 2 aromatic rings. The average Bonchev–Trinajstić information content (AvgIpc) is 2.82. The second kappa shape index (κ2) is 4.38. The Morgan fingerprint density at radius 1 is 1.27 bits per heavy atom. The monoisotopic (exact) mass is 218 g/mol. The zero-order valence-electron chi connectivity index (χ0n) is 8.01. The molecule has 0 radical (unpaired) electrons. The third-order valence-corrected chi connectivity index (χ3v) is 3.05. The molecule has 1 aromatic carbocycles. The summed E-state index contributed by atoms with van der Waals surface area (Å²) in [5, 5.41) is 10.8. The van der Waals surface area contributed by atoms with Crippen LogP contribution in [0, 0.1) is 0 Å². The molecular formula is C12H10O2S. The molecule has 0 saturated carbocycles. The van der Waals surface area contributed by atoms with E-state index in [1.165, 1.54) is 0 Å². The van der Waals surface area contributed by atoms with Crippen molar-refractivity contribution in [3.05, 3.63) is 47.3 Å². The van der Waals surface area contributed by atoms with E-state index in [9.17, 15) is 4.79 Å². The van der Waals surface area contributed by atoms with Gasteiger partial charge in [0.05, 0.1) is 0 Å². The van der Waals surface area contributed by atoms with E-state index >= 15 is 0 Å². The Balaban J connectivity index is 2.39. The molecule has 0 saturated heterocycles. The second-order valence-electron chi connectivity index (χ2n) is 3.14. The SMILES string of the molecule is O=C(CO)c1cccc(-c2cccs2)c1. The zero-order valence-corrected chi connectivity index (χ0v) is 8.83. The lowest BCUT2D eigenvalue weighted by atomic mass is 10.1. The van der Waals surface area contributed by atoms with Crippen molar-refractivity contribution in [2.75, 3.05) is 6.61 Å². The van der Waals surface area contributed by atoms with E-state index in [-0.39, 0.29) is 5.78 Å². The van der Waals surface area contributed by atoms with E-state index in [1.54, 1.807) is 17.4 Å². The van der Waals surface area contributed by atoms with Gasteiger partial charge >= 0.3 is 0 Å². The molecule has 2 rings (SSSR count). The summed E-state index contributed by atoms with van der Waals surface area (Å²) < 4.78 is 0. The summed E-state index contributed by atoms with van der Waals surface area (Å²) >= 11 is 1.63. The number of hydrogen-bond acceptors (Lipinski definition) is 3. The van der Waals surface area contributed by atoms with Crippen LogP contribution >= 0.6 is 11.3 Å². The molecule has 1 N–H and O–H groups in total. The minimum absolute atomic E-state index is 0.242. The summed E-state index contributed by atoms with van der Waals surface area (Å²) in [4.78, 5) is 12.4. The first-order chi connectivity index (χ1) is 7.31. The Bertz CT molecular complexity index is 460. The van der Waals surface area contributed by atoms with Gasteiger partial charge in [-0.1, -0.05) is 24.3 Å². The predicted molar refractivity (Wildman–Crippen MR) is 61.2 cm³/mol. The van der Waals surface area contributed by atoms with Gasteiger partial charge in [0.25, 0.3) is 0 Å². The summed E-state index contributed by atoms with van der Waals surface area (Å²) in [6.07, 6.45) is 0. The number of benzene rings is 1. The van der Waals surface area contributed by atoms with E-state index in [0.29, 0.717) is 5.56 Å². The van der Waals surface area contributed by atoms with Crippen LogP contribution in [0.5, 0.6) is 0 Å². The van der Waals surface area contributed by atoms with Crippen LogP contribution in [0.3, 0.4) is 0 Å². The van der Waals surface area contributed by atoms with Gasteiger partial charge in [0.15, 0.2) is 5.78 Å². The summed E-state index contributed by atoms with van der Waals surface area (Å²) in [5.41, 5.74) is 1.58. The van der Waals surface area contributed by atoms with Crippen molar-refractivity contribution in [1.82, 2.24) is 0 Å². The van der Waals surface area contributed by atoms with E-state index in [2.05, 4.69) is 0 Å². The Morgan fingerprint density at radius 3 is 2.80 bits per heavy atom. The molecule has 0 aliphatic carbocycles. The van der Waals surface area contributed by atoms with E-state index in [4.69, 9.17) is 5.11 Å². The summed E-state index contributed by atoms with van der Waals surface area (Å²) in [5.74, 6) is -0.242. The first-order valence-electron chi connectivity index (χ1n) is 4.59. The van der Waals surface area contributed by atoms with Crippen molar-refractivity contribution in [2.24, 2.45) is 0 Å². The van der Waals surface area contributed by atoms with Crippen molar-refractivity contribution in [3.8, 4) is 10.4 Å². The molecule has 0 amide bonds. The molecule has 0 unspecified atom stereocenters. The van der Waals surface area contributed by atoms with Gasteiger partial charge in [-0.3, -0.25) is 4.79 Å². The Morgan fingerprint density at radius 2 is 2.13 bits per heavy atom. The Kier molecular flexibility index (Phi) is 2.94. The number of carbonyl (C=O) groups is 1. The van der Waals surface area contributed by atoms with Crippen LogP contribution in [0.4, 0.5) is 0 Å². The Labute approximate surface area is 91.8 Å². The molecule has 2 nitrogen and oxygen atoms in total. The highest BCUT2D eigenvalue weighted by atomic mass is 32.1. The number of thiophene rings is 1. The van der Waals surface area contributed by atoms with Crippen LogP contribution < -0.4 is 0 Å². The van der Waals surface area contributed by atoms with Crippen LogP contribution in [0.1, 0.15) is 10.4 Å². The second-order valence-corrected chi connectivity index (χ2v) is 4.09.